The fourth-order valence-corrected chi connectivity index (χ4v) is 4.60. The van der Waals surface area contributed by atoms with E-state index in [9.17, 15) is 8.42 Å². The molecule has 5 nitrogen and oxygen atoms in total. The monoisotopic (exact) mass is 355 g/mol. The summed E-state index contributed by atoms with van der Waals surface area (Å²) in [4.78, 5) is 4.60. The Labute approximate surface area is 142 Å². The molecule has 0 amide bonds. The van der Waals surface area contributed by atoms with Gasteiger partial charge in [0.05, 0.1) is 18.1 Å². The van der Waals surface area contributed by atoms with Gasteiger partial charge in [-0.1, -0.05) is 23.7 Å². The zero-order valence-electron chi connectivity index (χ0n) is 13.0. The van der Waals surface area contributed by atoms with E-state index in [0.29, 0.717) is 24.9 Å². The molecule has 0 aromatic heterocycles. The molecule has 1 heterocycles. The smallest absolute Gasteiger partial charge is 0.191 e. The predicted octanol–water partition coefficient (Wildman–Crippen LogP) is 1.97. The Hall–Kier alpha value is -1.27. The SMILES string of the molecule is O=S1(=O)CCC(CNC(=NCc2ccc(Cl)cc2)NC2CC2)C1. The Balaban J connectivity index is 1.56. The van der Waals surface area contributed by atoms with Gasteiger partial charge < -0.3 is 10.6 Å². The molecular weight excluding hydrogens is 334 g/mol. The van der Waals surface area contributed by atoms with Gasteiger partial charge in [-0.05, 0) is 42.9 Å². The molecule has 1 unspecified atom stereocenters. The molecule has 1 saturated heterocycles. The van der Waals surface area contributed by atoms with Crippen molar-refractivity contribution in [3.05, 3.63) is 34.9 Å². The van der Waals surface area contributed by atoms with Crippen LogP contribution in [0, 0.1) is 5.92 Å². The van der Waals surface area contributed by atoms with Crippen LogP contribution in [-0.4, -0.2) is 38.5 Å². The summed E-state index contributed by atoms with van der Waals surface area (Å²) in [6.07, 6.45) is 3.07. The predicted molar refractivity (Wildman–Crippen MR) is 93.5 cm³/mol. The molecule has 0 spiro atoms. The number of hydrogen-bond acceptors (Lipinski definition) is 3. The molecule has 23 heavy (non-hydrogen) atoms. The summed E-state index contributed by atoms with van der Waals surface area (Å²) in [7, 11) is -2.83. The number of nitrogens with one attached hydrogen (secondary N) is 2. The van der Waals surface area contributed by atoms with Gasteiger partial charge in [0.15, 0.2) is 15.8 Å². The van der Waals surface area contributed by atoms with Gasteiger partial charge in [0.2, 0.25) is 0 Å². The van der Waals surface area contributed by atoms with Crippen molar-refractivity contribution in [2.45, 2.75) is 31.8 Å². The summed E-state index contributed by atoms with van der Waals surface area (Å²) in [6.45, 7) is 1.22. The van der Waals surface area contributed by atoms with Crippen LogP contribution in [0.5, 0.6) is 0 Å². The first kappa shape index (κ1) is 16.6. The number of aliphatic imine (C=N–C) groups is 1. The lowest BCUT2D eigenvalue weighted by atomic mass is 10.1. The van der Waals surface area contributed by atoms with Crippen LogP contribution in [0.4, 0.5) is 0 Å². The van der Waals surface area contributed by atoms with E-state index < -0.39 is 9.84 Å². The fourth-order valence-electron chi connectivity index (χ4n) is 2.61. The molecule has 1 aliphatic carbocycles. The van der Waals surface area contributed by atoms with Crippen molar-refractivity contribution in [2.24, 2.45) is 10.9 Å². The summed E-state index contributed by atoms with van der Waals surface area (Å²) in [6, 6.07) is 8.14. The second-order valence-electron chi connectivity index (χ2n) is 6.36. The quantitative estimate of drug-likeness (QED) is 0.626. The van der Waals surface area contributed by atoms with Gasteiger partial charge in [-0.15, -0.1) is 0 Å². The molecular formula is C16H22ClN3O2S. The van der Waals surface area contributed by atoms with Gasteiger partial charge in [0.1, 0.15) is 0 Å². The molecule has 1 atom stereocenters. The van der Waals surface area contributed by atoms with Crippen molar-refractivity contribution in [2.75, 3.05) is 18.1 Å². The first-order chi connectivity index (χ1) is 11.0. The van der Waals surface area contributed by atoms with E-state index in [1.54, 1.807) is 0 Å². The first-order valence-electron chi connectivity index (χ1n) is 8.00. The number of benzene rings is 1. The van der Waals surface area contributed by atoms with Crippen LogP contribution >= 0.6 is 11.6 Å². The van der Waals surface area contributed by atoms with E-state index in [1.165, 1.54) is 12.8 Å². The van der Waals surface area contributed by atoms with Crippen LogP contribution in [-0.2, 0) is 16.4 Å². The van der Waals surface area contributed by atoms with Crippen molar-refractivity contribution >= 4 is 27.4 Å². The second-order valence-corrected chi connectivity index (χ2v) is 9.03. The van der Waals surface area contributed by atoms with Crippen LogP contribution in [0.3, 0.4) is 0 Å². The lowest BCUT2D eigenvalue weighted by molar-refractivity contribution is 0.566. The average molecular weight is 356 g/mol. The molecule has 2 aliphatic rings. The van der Waals surface area contributed by atoms with Gasteiger partial charge in [-0.2, -0.15) is 0 Å². The normalized spacial score (nSPS) is 23.7. The first-order valence-corrected chi connectivity index (χ1v) is 10.2. The summed E-state index contributed by atoms with van der Waals surface area (Å²) >= 11 is 5.89. The molecule has 2 fully saturated rings. The van der Waals surface area contributed by atoms with E-state index in [4.69, 9.17) is 11.6 Å². The third-order valence-electron chi connectivity index (χ3n) is 4.14. The maximum Gasteiger partial charge on any atom is 0.191 e. The number of nitrogens with zero attached hydrogens (tertiary/aromatic N) is 1. The highest BCUT2D eigenvalue weighted by Crippen LogP contribution is 2.19. The van der Waals surface area contributed by atoms with Crippen molar-refractivity contribution in [3.63, 3.8) is 0 Å². The summed E-state index contributed by atoms with van der Waals surface area (Å²) in [5, 5.41) is 7.40. The number of halogens is 1. The molecule has 126 valence electrons. The zero-order valence-corrected chi connectivity index (χ0v) is 14.5. The van der Waals surface area contributed by atoms with Crippen LogP contribution in [0.1, 0.15) is 24.8 Å². The Morgan fingerprint density at radius 1 is 1.22 bits per heavy atom. The fraction of sp³-hybridized carbons (Fsp3) is 0.562. The Bertz CT molecular complexity index is 669. The van der Waals surface area contributed by atoms with Gasteiger partial charge in [-0.25, -0.2) is 13.4 Å². The van der Waals surface area contributed by atoms with E-state index in [1.807, 2.05) is 24.3 Å². The van der Waals surface area contributed by atoms with E-state index >= 15 is 0 Å². The van der Waals surface area contributed by atoms with Crippen molar-refractivity contribution < 1.29 is 8.42 Å². The molecule has 2 N–H and O–H groups in total. The van der Waals surface area contributed by atoms with Crippen molar-refractivity contribution in [1.29, 1.82) is 0 Å². The summed E-state index contributed by atoms with van der Waals surface area (Å²) in [5.41, 5.74) is 1.09. The minimum Gasteiger partial charge on any atom is -0.356 e. The number of sulfone groups is 1. The standard InChI is InChI=1S/C16H22ClN3O2S/c17-14-3-1-12(2-4-14)9-18-16(20-15-5-6-15)19-10-13-7-8-23(21,22)11-13/h1-4,13,15H,5-11H2,(H2,18,19,20). The lowest BCUT2D eigenvalue weighted by Gasteiger charge is -2.15. The molecule has 0 bridgehead atoms. The maximum atomic E-state index is 11.5. The van der Waals surface area contributed by atoms with Crippen LogP contribution in [0.15, 0.2) is 29.3 Å². The van der Waals surface area contributed by atoms with Gasteiger partial charge in [0, 0.05) is 17.6 Å². The second kappa shape index (κ2) is 7.09. The average Bonchev–Trinajstić information content (AvgIpc) is 3.26. The summed E-state index contributed by atoms with van der Waals surface area (Å²) < 4.78 is 23.1. The number of rotatable bonds is 5. The van der Waals surface area contributed by atoms with Gasteiger partial charge in [-0.3, -0.25) is 0 Å². The number of hydrogen-bond donors (Lipinski definition) is 2. The van der Waals surface area contributed by atoms with Crippen molar-refractivity contribution in [3.8, 4) is 0 Å². The minimum absolute atomic E-state index is 0.182. The van der Waals surface area contributed by atoms with Gasteiger partial charge in [0.25, 0.3) is 0 Å². The lowest BCUT2D eigenvalue weighted by Crippen LogP contribution is -2.41. The third-order valence-corrected chi connectivity index (χ3v) is 6.23. The Morgan fingerprint density at radius 3 is 2.57 bits per heavy atom. The van der Waals surface area contributed by atoms with Crippen LogP contribution < -0.4 is 10.6 Å². The highest BCUT2D eigenvalue weighted by molar-refractivity contribution is 7.91. The molecule has 3 rings (SSSR count). The molecule has 0 radical (unpaired) electrons. The van der Waals surface area contributed by atoms with Crippen LogP contribution in [0.2, 0.25) is 5.02 Å². The van der Waals surface area contributed by atoms with Gasteiger partial charge >= 0.3 is 0 Å². The topological polar surface area (TPSA) is 70.6 Å². The van der Waals surface area contributed by atoms with Crippen molar-refractivity contribution in [1.82, 2.24) is 10.6 Å². The molecule has 7 heteroatoms. The van der Waals surface area contributed by atoms with E-state index in [-0.39, 0.29) is 11.7 Å². The number of guanidine groups is 1. The Morgan fingerprint density at radius 2 is 1.96 bits per heavy atom. The van der Waals surface area contributed by atoms with E-state index in [0.717, 1.165) is 23.0 Å². The largest absolute Gasteiger partial charge is 0.356 e. The molecule has 1 aromatic carbocycles. The third kappa shape index (κ3) is 5.39. The zero-order chi connectivity index (χ0) is 16.3. The maximum absolute atomic E-state index is 11.5. The van der Waals surface area contributed by atoms with Crippen LogP contribution in [0.25, 0.3) is 0 Å². The highest BCUT2D eigenvalue weighted by atomic mass is 35.5. The molecule has 1 aromatic rings. The molecule has 1 saturated carbocycles. The Kier molecular flexibility index (Phi) is 5.11. The highest BCUT2D eigenvalue weighted by Gasteiger charge is 2.28. The minimum atomic E-state index is -2.83. The van der Waals surface area contributed by atoms with E-state index in [2.05, 4.69) is 15.6 Å². The summed E-state index contributed by atoms with van der Waals surface area (Å²) in [5.74, 6) is 1.55. The molecule has 1 aliphatic heterocycles.